The number of carbonyl (C=O) groups is 1. The molecule has 0 bridgehead atoms. The monoisotopic (exact) mass is 341 g/mol. The molecule has 1 N–H and O–H groups in total. The maximum Gasteiger partial charge on any atom is 0.260 e. The van der Waals surface area contributed by atoms with Crippen molar-refractivity contribution >= 4 is 16.7 Å². The fourth-order valence-electron chi connectivity index (χ4n) is 3.40. The van der Waals surface area contributed by atoms with Gasteiger partial charge in [0, 0.05) is 6.04 Å². The number of hydrogen-bond acceptors (Lipinski definition) is 3. The first-order valence-corrected chi connectivity index (χ1v) is 9.20. The molecule has 1 amide bonds. The smallest absolute Gasteiger partial charge is 0.260 e. The van der Waals surface area contributed by atoms with Gasteiger partial charge in [0.05, 0.1) is 7.11 Å². The number of ether oxygens (including phenoxy) is 2. The predicted octanol–water partition coefficient (Wildman–Crippen LogP) is 4.45. The lowest BCUT2D eigenvalue weighted by atomic mass is 10.1. The maximum atomic E-state index is 12.4. The Balaban J connectivity index is 1.63. The lowest BCUT2D eigenvalue weighted by molar-refractivity contribution is -0.128. The molecule has 3 rings (SSSR count). The molecule has 0 spiro atoms. The molecule has 134 valence electrons. The highest BCUT2D eigenvalue weighted by atomic mass is 16.5. The van der Waals surface area contributed by atoms with Crippen LogP contribution in [0, 0.1) is 0 Å². The molecule has 1 saturated carbocycles. The summed E-state index contributed by atoms with van der Waals surface area (Å²) in [5.41, 5.74) is 0. The minimum Gasteiger partial charge on any atom is -0.497 e. The molecule has 0 unspecified atom stereocenters. The first-order chi connectivity index (χ1) is 12.2. The number of hydrogen-bond donors (Lipinski definition) is 1. The number of methoxy groups -OCH3 is 1. The molecule has 1 atom stereocenters. The fraction of sp³-hybridized carbons (Fsp3) is 0.476. The third-order valence-electron chi connectivity index (χ3n) is 4.90. The van der Waals surface area contributed by atoms with Crippen LogP contribution in [-0.2, 0) is 4.79 Å². The number of rotatable bonds is 5. The summed E-state index contributed by atoms with van der Waals surface area (Å²) in [6, 6.07) is 12.1. The molecule has 2 aromatic carbocycles. The highest BCUT2D eigenvalue weighted by Gasteiger charge is 2.20. The largest absolute Gasteiger partial charge is 0.497 e. The van der Waals surface area contributed by atoms with Crippen molar-refractivity contribution in [3.8, 4) is 11.5 Å². The molecule has 1 fully saturated rings. The van der Waals surface area contributed by atoms with Gasteiger partial charge in [-0.2, -0.15) is 0 Å². The van der Waals surface area contributed by atoms with E-state index in [1.54, 1.807) is 7.11 Å². The standard InChI is InChI=1S/C21H27NO3/c1-15(21(23)22-18-7-5-3-4-6-8-18)25-20-12-10-16-9-11-19(24-2)13-17(16)14-20/h9-15,18H,3-8H2,1-2H3,(H,22,23)/t15-/m1/s1. The molecule has 0 heterocycles. The average Bonchev–Trinajstić information content (AvgIpc) is 2.89. The van der Waals surface area contributed by atoms with E-state index in [-0.39, 0.29) is 5.91 Å². The van der Waals surface area contributed by atoms with Gasteiger partial charge in [-0.3, -0.25) is 4.79 Å². The van der Waals surface area contributed by atoms with E-state index in [1.807, 2.05) is 43.3 Å². The van der Waals surface area contributed by atoms with Gasteiger partial charge in [-0.1, -0.05) is 37.8 Å². The Labute approximate surface area is 149 Å². The zero-order valence-electron chi connectivity index (χ0n) is 15.1. The van der Waals surface area contributed by atoms with E-state index in [9.17, 15) is 4.79 Å². The molecule has 0 saturated heterocycles. The summed E-state index contributed by atoms with van der Waals surface area (Å²) in [6.07, 6.45) is 6.60. The third-order valence-corrected chi connectivity index (χ3v) is 4.90. The summed E-state index contributed by atoms with van der Waals surface area (Å²) in [7, 11) is 1.65. The van der Waals surface area contributed by atoms with Gasteiger partial charge in [0.1, 0.15) is 11.5 Å². The number of nitrogens with one attached hydrogen (secondary N) is 1. The fourth-order valence-corrected chi connectivity index (χ4v) is 3.40. The predicted molar refractivity (Wildman–Crippen MR) is 100 cm³/mol. The van der Waals surface area contributed by atoms with Crippen molar-refractivity contribution in [3.63, 3.8) is 0 Å². The Morgan fingerprint density at radius 3 is 2.32 bits per heavy atom. The van der Waals surface area contributed by atoms with Gasteiger partial charge >= 0.3 is 0 Å². The summed E-state index contributed by atoms with van der Waals surface area (Å²) < 4.78 is 11.1. The molecule has 2 aromatic rings. The summed E-state index contributed by atoms with van der Waals surface area (Å²) in [4.78, 5) is 12.4. The van der Waals surface area contributed by atoms with Crippen molar-refractivity contribution in [1.29, 1.82) is 0 Å². The molecule has 0 aromatic heterocycles. The zero-order valence-corrected chi connectivity index (χ0v) is 15.1. The Morgan fingerprint density at radius 1 is 1.00 bits per heavy atom. The van der Waals surface area contributed by atoms with Crippen LogP contribution in [0.25, 0.3) is 10.8 Å². The lowest BCUT2D eigenvalue weighted by Gasteiger charge is -2.20. The van der Waals surface area contributed by atoms with Crippen LogP contribution in [0.3, 0.4) is 0 Å². The van der Waals surface area contributed by atoms with E-state index in [0.29, 0.717) is 11.8 Å². The average molecular weight is 341 g/mol. The first kappa shape index (κ1) is 17.6. The SMILES string of the molecule is COc1ccc2ccc(O[C@H](C)C(=O)NC3CCCCCC3)cc2c1. The maximum absolute atomic E-state index is 12.4. The minimum absolute atomic E-state index is 0.0300. The molecular formula is C21H27NO3. The van der Waals surface area contributed by atoms with Crippen molar-refractivity contribution in [2.75, 3.05) is 7.11 Å². The van der Waals surface area contributed by atoms with Crippen LogP contribution in [0.5, 0.6) is 11.5 Å². The highest BCUT2D eigenvalue weighted by Crippen LogP contribution is 2.25. The van der Waals surface area contributed by atoms with Crippen LogP contribution in [0.1, 0.15) is 45.4 Å². The van der Waals surface area contributed by atoms with Gasteiger partial charge in [-0.05, 0) is 54.8 Å². The second-order valence-electron chi connectivity index (χ2n) is 6.83. The van der Waals surface area contributed by atoms with Crippen LogP contribution in [0.2, 0.25) is 0 Å². The zero-order chi connectivity index (χ0) is 17.6. The van der Waals surface area contributed by atoms with Crippen LogP contribution >= 0.6 is 0 Å². The van der Waals surface area contributed by atoms with E-state index >= 15 is 0 Å². The molecule has 0 aliphatic heterocycles. The van der Waals surface area contributed by atoms with Gasteiger partial charge in [-0.25, -0.2) is 0 Å². The Bertz CT molecular complexity index is 720. The molecule has 4 heteroatoms. The highest BCUT2D eigenvalue weighted by molar-refractivity contribution is 5.85. The summed E-state index contributed by atoms with van der Waals surface area (Å²) in [6.45, 7) is 1.81. The molecular weight excluding hydrogens is 314 g/mol. The Hall–Kier alpha value is -2.23. The number of benzene rings is 2. The second-order valence-corrected chi connectivity index (χ2v) is 6.83. The number of carbonyl (C=O) groups excluding carboxylic acids is 1. The lowest BCUT2D eigenvalue weighted by Crippen LogP contribution is -2.42. The molecule has 1 aliphatic carbocycles. The van der Waals surface area contributed by atoms with Crippen molar-refractivity contribution < 1.29 is 14.3 Å². The van der Waals surface area contributed by atoms with E-state index in [2.05, 4.69) is 5.32 Å². The van der Waals surface area contributed by atoms with Crippen molar-refractivity contribution in [1.82, 2.24) is 5.32 Å². The number of amides is 1. The van der Waals surface area contributed by atoms with Crippen molar-refractivity contribution in [2.45, 2.75) is 57.6 Å². The van der Waals surface area contributed by atoms with Gasteiger partial charge < -0.3 is 14.8 Å². The van der Waals surface area contributed by atoms with Crippen molar-refractivity contribution in [2.24, 2.45) is 0 Å². The van der Waals surface area contributed by atoms with E-state index in [0.717, 1.165) is 29.4 Å². The van der Waals surface area contributed by atoms with E-state index in [4.69, 9.17) is 9.47 Å². The quantitative estimate of drug-likeness (QED) is 0.817. The molecule has 1 aliphatic rings. The topological polar surface area (TPSA) is 47.6 Å². The minimum atomic E-state index is -0.508. The third kappa shape index (κ3) is 4.65. The summed E-state index contributed by atoms with van der Waals surface area (Å²) in [5.74, 6) is 1.48. The first-order valence-electron chi connectivity index (χ1n) is 9.20. The molecule has 0 radical (unpaired) electrons. The Morgan fingerprint density at radius 2 is 1.64 bits per heavy atom. The van der Waals surface area contributed by atoms with Crippen LogP contribution in [0.4, 0.5) is 0 Å². The van der Waals surface area contributed by atoms with Crippen LogP contribution in [-0.4, -0.2) is 25.2 Å². The van der Waals surface area contributed by atoms with E-state index in [1.165, 1.54) is 25.7 Å². The van der Waals surface area contributed by atoms with Gasteiger partial charge in [0.2, 0.25) is 0 Å². The Kier molecular flexibility index (Phi) is 5.79. The summed E-state index contributed by atoms with van der Waals surface area (Å²) in [5, 5.41) is 5.30. The van der Waals surface area contributed by atoms with Crippen LogP contribution < -0.4 is 14.8 Å². The van der Waals surface area contributed by atoms with Crippen LogP contribution in [0.15, 0.2) is 36.4 Å². The second kappa shape index (κ2) is 8.24. The van der Waals surface area contributed by atoms with Crippen molar-refractivity contribution in [3.05, 3.63) is 36.4 Å². The van der Waals surface area contributed by atoms with Gasteiger partial charge in [0.25, 0.3) is 5.91 Å². The normalized spacial score (nSPS) is 16.9. The van der Waals surface area contributed by atoms with E-state index < -0.39 is 6.10 Å². The molecule has 25 heavy (non-hydrogen) atoms. The summed E-state index contributed by atoms with van der Waals surface area (Å²) >= 11 is 0. The van der Waals surface area contributed by atoms with Gasteiger partial charge in [-0.15, -0.1) is 0 Å². The molecule has 4 nitrogen and oxygen atoms in total. The number of fused-ring (bicyclic) bond motifs is 1. The van der Waals surface area contributed by atoms with Gasteiger partial charge in [0.15, 0.2) is 6.10 Å².